The van der Waals surface area contributed by atoms with Crippen LogP contribution in [0.5, 0.6) is 5.75 Å². The van der Waals surface area contributed by atoms with Crippen molar-refractivity contribution in [2.24, 2.45) is 10.7 Å². The Labute approximate surface area is 128 Å². The number of aromatic nitrogens is 1. The predicted octanol–water partition coefficient (Wildman–Crippen LogP) is 1.46. The first-order valence-corrected chi connectivity index (χ1v) is 6.79. The van der Waals surface area contributed by atoms with Crippen LogP contribution >= 0.6 is 0 Å². The third-order valence-corrected chi connectivity index (χ3v) is 3.46. The molecule has 3 rings (SSSR count). The molecule has 1 aliphatic rings. The zero-order valence-corrected chi connectivity index (χ0v) is 12.2. The Morgan fingerprint density at radius 2 is 2.14 bits per heavy atom. The molecule has 0 saturated carbocycles. The SMILES string of the molecule is COc1ccncc1C1=CC=NC(N)(c2cccc(N)c2)N1. The summed E-state index contributed by atoms with van der Waals surface area (Å²) in [6.07, 6.45) is 6.89. The van der Waals surface area contributed by atoms with Crippen molar-refractivity contribution in [3.05, 3.63) is 59.9 Å². The molecular weight excluding hydrogens is 278 g/mol. The second-order valence-electron chi connectivity index (χ2n) is 4.95. The zero-order valence-electron chi connectivity index (χ0n) is 12.2. The molecule has 0 bridgehead atoms. The minimum absolute atomic E-state index is 0.634. The van der Waals surface area contributed by atoms with Crippen LogP contribution in [0.2, 0.25) is 0 Å². The van der Waals surface area contributed by atoms with Crippen molar-refractivity contribution in [2.45, 2.75) is 5.79 Å². The summed E-state index contributed by atoms with van der Waals surface area (Å²) in [5.41, 5.74) is 15.2. The highest BCUT2D eigenvalue weighted by Crippen LogP contribution is 2.29. The maximum atomic E-state index is 6.40. The number of hydrogen-bond acceptors (Lipinski definition) is 6. The molecule has 0 spiro atoms. The van der Waals surface area contributed by atoms with Gasteiger partial charge in [0.2, 0.25) is 5.79 Å². The van der Waals surface area contributed by atoms with Crippen LogP contribution in [-0.4, -0.2) is 18.3 Å². The molecule has 0 amide bonds. The fraction of sp³-hybridized carbons (Fsp3) is 0.125. The van der Waals surface area contributed by atoms with Gasteiger partial charge in [-0.3, -0.25) is 10.7 Å². The average Bonchev–Trinajstić information content (AvgIpc) is 2.55. The Kier molecular flexibility index (Phi) is 3.52. The molecule has 1 unspecified atom stereocenters. The lowest BCUT2D eigenvalue weighted by molar-refractivity contribution is 0.405. The second-order valence-corrected chi connectivity index (χ2v) is 4.95. The van der Waals surface area contributed by atoms with Crippen LogP contribution in [0.3, 0.4) is 0 Å². The molecule has 22 heavy (non-hydrogen) atoms. The summed E-state index contributed by atoms with van der Waals surface area (Å²) in [4.78, 5) is 8.49. The average molecular weight is 295 g/mol. The fourth-order valence-electron chi connectivity index (χ4n) is 2.35. The largest absolute Gasteiger partial charge is 0.496 e. The molecule has 112 valence electrons. The number of nitrogens with two attached hydrogens (primary N) is 2. The molecule has 1 atom stereocenters. The minimum Gasteiger partial charge on any atom is -0.496 e. The lowest BCUT2D eigenvalue weighted by atomic mass is 10.0. The Bertz CT molecular complexity index is 756. The Morgan fingerprint density at radius 1 is 1.27 bits per heavy atom. The Hall–Kier alpha value is -2.86. The number of nitrogen functional groups attached to an aromatic ring is 1. The third kappa shape index (κ3) is 2.51. The number of methoxy groups -OCH3 is 1. The standard InChI is InChI=1S/C16H17N5O/c1-22-15-6-7-19-10-13(15)14-5-8-20-16(18,21-14)11-3-2-4-12(17)9-11/h2-10,21H,17-18H2,1H3. The quantitative estimate of drug-likeness (QED) is 0.745. The molecule has 6 nitrogen and oxygen atoms in total. The van der Waals surface area contributed by atoms with E-state index in [2.05, 4.69) is 15.3 Å². The van der Waals surface area contributed by atoms with Gasteiger partial charge in [-0.25, -0.2) is 4.99 Å². The van der Waals surface area contributed by atoms with Crippen molar-refractivity contribution in [1.82, 2.24) is 10.3 Å². The zero-order chi connectivity index (χ0) is 15.6. The topological polar surface area (TPSA) is 98.5 Å². The normalized spacial score (nSPS) is 20.2. The summed E-state index contributed by atoms with van der Waals surface area (Å²) in [6, 6.07) is 9.12. The monoisotopic (exact) mass is 295 g/mol. The second kappa shape index (κ2) is 5.50. The maximum absolute atomic E-state index is 6.40. The van der Waals surface area contributed by atoms with Crippen LogP contribution < -0.4 is 21.5 Å². The molecule has 1 aromatic carbocycles. The van der Waals surface area contributed by atoms with Crippen LogP contribution in [-0.2, 0) is 5.79 Å². The van der Waals surface area contributed by atoms with Gasteiger partial charge in [0, 0.05) is 29.9 Å². The first kappa shape index (κ1) is 14.1. The van der Waals surface area contributed by atoms with Gasteiger partial charge in [-0.2, -0.15) is 0 Å². The lowest BCUT2D eigenvalue weighted by Gasteiger charge is -2.32. The van der Waals surface area contributed by atoms with Gasteiger partial charge < -0.3 is 15.8 Å². The van der Waals surface area contributed by atoms with E-state index < -0.39 is 5.79 Å². The first-order chi connectivity index (χ1) is 10.6. The van der Waals surface area contributed by atoms with Gasteiger partial charge in [0.15, 0.2) is 0 Å². The molecule has 2 aromatic rings. The van der Waals surface area contributed by atoms with Gasteiger partial charge in [0.25, 0.3) is 0 Å². The van der Waals surface area contributed by atoms with Gasteiger partial charge >= 0.3 is 0 Å². The molecule has 0 fully saturated rings. The van der Waals surface area contributed by atoms with E-state index in [4.69, 9.17) is 16.2 Å². The van der Waals surface area contributed by atoms with Crippen LogP contribution in [0, 0.1) is 0 Å². The number of hydrogen-bond donors (Lipinski definition) is 3. The van der Waals surface area contributed by atoms with Crippen molar-refractivity contribution < 1.29 is 4.74 Å². The van der Waals surface area contributed by atoms with Crippen molar-refractivity contribution >= 4 is 17.6 Å². The van der Waals surface area contributed by atoms with Gasteiger partial charge in [-0.05, 0) is 24.3 Å². The van der Waals surface area contributed by atoms with Crippen LogP contribution in [0.15, 0.2) is 53.8 Å². The number of allylic oxidation sites excluding steroid dienone is 1. The summed E-state index contributed by atoms with van der Waals surface area (Å²) in [5.74, 6) is -0.376. The van der Waals surface area contributed by atoms with Gasteiger partial charge in [-0.15, -0.1) is 0 Å². The van der Waals surface area contributed by atoms with Crippen molar-refractivity contribution in [3.8, 4) is 5.75 Å². The maximum Gasteiger partial charge on any atom is 0.209 e. The summed E-state index contributed by atoms with van der Waals surface area (Å²) >= 11 is 0. The smallest absolute Gasteiger partial charge is 0.209 e. The van der Waals surface area contributed by atoms with Crippen molar-refractivity contribution in [2.75, 3.05) is 12.8 Å². The molecule has 0 radical (unpaired) electrons. The van der Waals surface area contributed by atoms with E-state index in [1.807, 2.05) is 18.2 Å². The lowest BCUT2D eigenvalue weighted by Crippen LogP contribution is -2.49. The molecular formula is C16H17N5O. The highest BCUT2D eigenvalue weighted by atomic mass is 16.5. The number of nitrogens with one attached hydrogen (secondary N) is 1. The third-order valence-electron chi connectivity index (χ3n) is 3.46. The van der Waals surface area contributed by atoms with E-state index in [0.29, 0.717) is 11.4 Å². The highest BCUT2D eigenvalue weighted by molar-refractivity contribution is 5.87. The number of aliphatic imine (C=N–C) groups is 1. The molecule has 0 saturated heterocycles. The van der Waals surface area contributed by atoms with Crippen LogP contribution in [0.25, 0.3) is 5.70 Å². The van der Waals surface area contributed by atoms with E-state index in [0.717, 1.165) is 16.8 Å². The molecule has 1 aliphatic heterocycles. The van der Waals surface area contributed by atoms with E-state index in [-0.39, 0.29) is 0 Å². The summed E-state index contributed by atoms with van der Waals surface area (Å²) in [6.45, 7) is 0. The van der Waals surface area contributed by atoms with Crippen LogP contribution in [0.1, 0.15) is 11.1 Å². The first-order valence-electron chi connectivity index (χ1n) is 6.79. The Morgan fingerprint density at radius 3 is 2.91 bits per heavy atom. The Balaban J connectivity index is 1.98. The number of benzene rings is 1. The van der Waals surface area contributed by atoms with E-state index in [1.54, 1.807) is 43.9 Å². The van der Waals surface area contributed by atoms with Gasteiger partial charge in [-0.1, -0.05) is 12.1 Å². The van der Waals surface area contributed by atoms with E-state index >= 15 is 0 Å². The number of rotatable bonds is 3. The molecule has 2 heterocycles. The summed E-state index contributed by atoms with van der Waals surface area (Å²) in [7, 11) is 1.61. The van der Waals surface area contributed by atoms with Crippen molar-refractivity contribution in [3.63, 3.8) is 0 Å². The molecule has 5 N–H and O–H groups in total. The van der Waals surface area contributed by atoms with Gasteiger partial charge in [0.1, 0.15) is 5.75 Å². The molecule has 0 aliphatic carbocycles. The predicted molar refractivity (Wildman–Crippen MR) is 87.1 cm³/mol. The number of pyridine rings is 1. The van der Waals surface area contributed by atoms with E-state index in [1.165, 1.54) is 0 Å². The van der Waals surface area contributed by atoms with Crippen molar-refractivity contribution in [1.29, 1.82) is 0 Å². The number of anilines is 1. The number of nitrogens with zero attached hydrogens (tertiary/aromatic N) is 2. The summed E-state index contributed by atoms with van der Waals surface area (Å²) < 4.78 is 5.37. The molecule has 1 aromatic heterocycles. The minimum atomic E-state index is -1.08. The number of ether oxygens (including phenoxy) is 1. The van der Waals surface area contributed by atoms with E-state index in [9.17, 15) is 0 Å². The fourth-order valence-corrected chi connectivity index (χ4v) is 2.35. The van der Waals surface area contributed by atoms with Crippen LogP contribution in [0.4, 0.5) is 5.69 Å². The van der Waals surface area contributed by atoms with Gasteiger partial charge in [0.05, 0.1) is 18.4 Å². The highest BCUT2D eigenvalue weighted by Gasteiger charge is 2.29. The molecule has 6 heteroatoms. The summed E-state index contributed by atoms with van der Waals surface area (Å²) in [5, 5.41) is 3.23.